The predicted octanol–water partition coefficient (Wildman–Crippen LogP) is 1.93. The zero-order chi connectivity index (χ0) is 15.8. The van der Waals surface area contributed by atoms with Crippen LogP contribution in [0, 0.1) is 0 Å². The molecule has 0 aliphatic carbocycles. The van der Waals surface area contributed by atoms with Gasteiger partial charge in [-0.05, 0) is 18.2 Å². The Morgan fingerprint density at radius 1 is 1.30 bits per heavy atom. The van der Waals surface area contributed by atoms with E-state index in [-0.39, 0.29) is 6.61 Å². The van der Waals surface area contributed by atoms with Crippen molar-refractivity contribution in [2.75, 3.05) is 25.0 Å². The van der Waals surface area contributed by atoms with Crippen LogP contribution in [0.3, 0.4) is 0 Å². The van der Waals surface area contributed by atoms with Crippen LogP contribution >= 0.6 is 11.8 Å². The Morgan fingerprint density at radius 3 is 3.04 bits per heavy atom. The quantitative estimate of drug-likeness (QED) is 0.519. The predicted molar refractivity (Wildman–Crippen MR) is 91.7 cm³/mol. The molecule has 0 amide bonds. The highest BCUT2D eigenvalue weighted by Crippen LogP contribution is 2.49. The average molecular weight is 327 g/mol. The molecule has 1 aromatic carbocycles. The van der Waals surface area contributed by atoms with Gasteiger partial charge < -0.3 is 16.2 Å². The third kappa shape index (κ3) is 2.28. The van der Waals surface area contributed by atoms with E-state index in [2.05, 4.69) is 16.4 Å². The molecule has 2 aromatic heterocycles. The molecule has 6 nitrogen and oxygen atoms in total. The van der Waals surface area contributed by atoms with Crippen molar-refractivity contribution in [1.82, 2.24) is 14.8 Å². The first-order valence-corrected chi connectivity index (χ1v) is 8.35. The maximum absolute atomic E-state index is 9.10. The van der Waals surface area contributed by atoms with E-state index in [1.54, 1.807) is 18.0 Å². The van der Waals surface area contributed by atoms with Crippen LogP contribution in [0.1, 0.15) is 0 Å². The van der Waals surface area contributed by atoms with Gasteiger partial charge in [0.25, 0.3) is 0 Å². The lowest BCUT2D eigenvalue weighted by Gasteiger charge is -2.18. The molecule has 23 heavy (non-hydrogen) atoms. The van der Waals surface area contributed by atoms with Crippen molar-refractivity contribution < 1.29 is 5.11 Å². The second-order valence-electron chi connectivity index (χ2n) is 5.32. The fourth-order valence-corrected chi connectivity index (χ4v) is 4.08. The Labute approximate surface area is 137 Å². The Balaban J connectivity index is 1.98. The minimum Gasteiger partial charge on any atom is -0.395 e. The summed E-state index contributed by atoms with van der Waals surface area (Å²) in [5.41, 5.74) is 9.85. The minimum absolute atomic E-state index is 0.0992. The Morgan fingerprint density at radius 2 is 2.22 bits per heavy atom. The Bertz CT molecular complexity index is 876. The molecule has 1 aliphatic rings. The van der Waals surface area contributed by atoms with Crippen LogP contribution in [0.4, 0.5) is 5.69 Å². The lowest BCUT2D eigenvalue weighted by Crippen LogP contribution is -2.11. The molecule has 4 rings (SSSR count). The molecule has 4 N–H and O–H groups in total. The number of pyridine rings is 1. The number of nitrogens with two attached hydrogens (primary N) is 1. The van der Waals surface area contributed by atoms with Crippen LogP contribution in [0.5, 0.6) is 0 Å². The summed E-state index contributed by atoms with van der Waals surface area (Å²) in [7, 11) is 0. The monoisotopic (exact) mass is 327 g/mol. The van der Waals surface area contributed by atoms with Crippen molar-refractivity contribution in [3.05, 3.63) is 30.6 Å². The van der Waals surface area contributed by atoms with Gasteiger partial charge in [-0.15, -0.1) is 0 Å². The molecule has 0 saturated carbocycles. The van der Waals surface area contributed by atoms with Gasteiger partial charge in [-0.1, -0.05) is 11.8 Å². The van der Waals surface area contributed by atoms with Crippen LogP contribution in [0.15, 0.2) is 40.4 Å². The second-order valence-corrected chi connectivity index (χ2v) is 6.37. The number of benzene rings is 1. The van der Waals surface area contributed by atoms with Gasteiger partial charge in [0.05, 0.1) is 18.7 Å². The summed E-state index contributed by atoms with van der Waals surface area (Å²) in [4.78, 5) is 6.54. The number of hydrogen-bond donors (Lipinski definition) is 3. The average Bonchev–Trinajstić information content (AvgIpc) is 2.95. The van der Waals surface area contributed by atoms with Crippen molar-refractivity contribution in [3.8, 4) is 11.3 Å². The molecular formula is C16H17N5OS. The molecule has 0 unspecified atom stereocenters. The van der Waals surface area contributed by atoms with Gasteiger partial charge in [-0.2, -0.15) is 5.10 Å². The molecule has 118 valence electrons. The summed E-state index contributed by atoms with van der Waals surface area (Å²) >= 11 is 1.71. The molecule has 0 bridgehead atoms. The van der Waals surface area contributed by atoms with E-state index in [0.717, 1.165) is 37.6 Å². The van der Waals surface area contributed by atoms with E-state index in [1.165, 1.54) is 0 Å². The van der Waals surface area contributed by atoms with Gasteiger partial charge in [0.1, 0.15) is 5.69 Å². The third-order valence-corrected chi connectivity index (χ3v) is 5.09. The van der Waals surface area contributed by atoms with Crippen molar-refractivity contribution >= 4 is 28.4 Å². The fourth-order valence-electron chi connectivity index (χ4n) is 2.92. The number of aromatic nitrogens is 3. The van der Waals surface area contributed by atoms with Crippen LogP contribution in [0.25, 0.3) is 22.2 Å². The van der Waals surface area contributed by atoms with E-state index >= 15 is 0 Å². The van der Waals surface area contributed by atoms with Gasteiger partial charge in [0.15, 0.2) is 0 Å². The van der Waals surface area contributed by atoms with E-state index in [4.69, 9.17) is 15.9 Å². The molecule has 7 heteroatoms. The van der Waals surface area contributed by atoms with E-state index < -0.39 is 0 Å². The molecule has 3 aromatic rings. The zero-order valence-corrected chi connectivity index (χ0v) is 13.3. The number of aliphatic hydroxyl groups excluding tert-OH is 1. The maximum atomic E-state index is 9.10. The third-order valence-electron chi connectivity index (χ3n) is 3.89. The molecule has 3 heterocycles. The van der Waals surface area contributed by atoms with Crippen molar-refractivity contribution in [3.63, 3.8) is 0 Å². The van der Waals surface area contributed by atoms with Crippen LogP contribution < -0.4 is 11.1 Å². The van der Waals surface area contributed by atoms with Gasteiger partial charge in [-0.3, -0.25) is 9.67 Å². The molecule has 0 saturated heterocycles. The number of anilines is 1. The van der Waals surface area contributed by atoms with Crippen molar-refractivity contribution in [1.29, 1.82) is 0 Å². The van der Waals surface area contributed by atoms with E-state index in [0.29, 0.717) is 19.6 Å². The van der Waals surface area contributed by atoms with E-state index in [1.807, 2.05) is 23.0 Å². The highest BCUT2D eigenvalue weighted by molar-refractivity contribution is 8.00. The summed E-state index contributed by atoms with van der Waals surface area (Å²) in [6.45, 7) is 1.85. The first kappa shape index (κ1) is 14.5. The van der Waals surface area contributed by atoms with Gasteiger partial charge in [0.2, 0.25) is 0 Å². The molecule has 1 aliphatic heterocycles. The lowest BCUT2D eigenvalue weighted by molar-refractivity contribution is 0.311. The van der Waals surface area contributed by atoms with Gasteiger partial charge in [0, 0.05) is 51.9 Å². The smallest absolute Gasteiger partial charge is 0.104 e. The number of hydrogen-bond acceptors (Lipinski definition) is 6. The number of fused-ring (bicyclic) bond motifs is 2. The number of nitrogens with one attached hydrogen (secondary N) is 1. The first-order chi connectivity index (χ1) is 11.3. The second kappa shape index (κ2) is 5.84. The highest BCUT2D eigenvalue weighted by atomic mass is 32.2. The van der Waals surface area contributed by atoms with Crippen LogP contribution in [-0.2, 0) is 6.54 Å². The zero-order valence-electron chi connectivity index (χ0n) is 12.5. The normalized spacial score (nSPS) is 12.4. The highest BCUT2D eigenvalue weighted by Gasteiger charge is 2.25. The van der Waals surface area contributed by atoms with Crippen molar-refractivity contribution in [2.45, 2.75) is 16.3 Å². The van der Waals surface area contributed by atoms with Crippen LogP contribution in [0.2, 0.25) is 0 Å². The van der Waals surface area contributed by atoms with E-state index in [9.17, 15) is 0 Å². The summed E-state index contributed by atoms with van der Waals surface area (Å²) in [5, 5.41) is 18.3. The largest absolute Gasteiger partial charge is 0.395 e. The summed E-state index contributed by atoms with van der Waals surface area (Å²) in [6, 6.07) is 6.12. The standard InChI is InChI=1S/C16H17N5OS/c17-4-7-21-12-2-1-11(19-6-8-22)16-14(12)15(20-21)10-9-18-5-3-13(10)23-16/h1-3,5,9,19,22H,4,6-8,17H2. The SMILES string of the molecule is NCCn1nc2c3c(c(NCCO)ccc31)Sc1ccncc1-2. The Hall–Kier alpha value is -2.09. The maximum Gasteiger partial charge on any atom is 0.104 e. The molecule has 0 atom stereocenters. The fraction of sp³-hybridized carbons (Fsp3) is 0.250. The summed E-state index contributed by atoms with van der Waals surface area (Å²) in [6.07, 6.45) is 3.67. The van der Waals surface area contributed by atoms with Gasteiger partial charge in [-0.25, -0.2) is 0 Å². The topological polar surface area (TPSA) is 89.0 Å². The lowest BCUT2D eigenvalue weighted by atomic mass is 10.1. The van der Waals surface area contributed by atoms with Crippen LogP contribution in [-0.4, -0.2) is 39.6 Å². The summed E-state index contributed by atoms with van der Waals surface area (Å²) < 4.78 is 1.96. The molecule has 0 radical (unpaired) electrons. The van der Waals surface area contributed by atoms with Gasteiger partial charge >= 0.3 is 0 Å². The summed E-state index contributed by atoms with van der Waals surface area (Å²) in [5.74, 6) is 0. The number of nitrogens with zero attached hydrogens (tertiary/aromatic N) is 3. The number of rotatable bonds is 5. The molecule has 0 fully saturated rings. The minimum atomic E-state index is 0.0992. The molecule has 0 spiro atoms. The number of aliphatic hydroxyl groups is 1. The molecular weight excluding hydrogens is 310 g/mol. The van der Waals surface area contributed by atoms with Crippen molar-refractivity contribution in [2.24, 2.45) is 5.73 Å². The first-order valence-electron chi connectivity index (χ1n) is 7.54. The Kier molecular flexibility index (Phi) is 3.68.